The predicted octanol–water partition coefficient (Wildman–Crippen LogP) is 2.37. The Morgan fingerprint density at radius 2 is 2.03 bits per heavy atom. The lowest BCUT2D eigenvalue weighted by molar-refractivity contribution is -0.117. The summed E-state index contributed by atoms with van der Waals surface area (Å²) < 4.78 is 13.7. The summed E-state index contributed by atoms with van der Waals surface area (Å²) in [7, 11) is 0. The lowest BCUT2D eigenvalue weighted by Crippen LogP contribution is -2.48. The first-order chi connectivity index (χ1) is 14.1. The fraction of sp³-hybridized carbons (Fsp3) is 0.455. The predicted molar refractivity (Wildman–Crippen MR) is 113 cm³/mol. The number of nitrogens with zero attached hydrogens (tertiary/aromatic N) is 3. The van der Waals surface area contributed by atoms with E-state index in [1.165, 1.54) is 17.4 Å². The molecule has 4 rings (SSSR count). The summed E-state index contributed by atoms with van der Waals surface area (Å²) in [6, 6.07) is 10.6. The van der Waals surface area contributed by atoms with Crippen molar-refractivity contribution >= 4 is 17.3 Å². The van der Waals surface area contributed by atoms with E-state index < -0.39 is 5.82 Å². The van der Waals surface area contributed by atoms with Crippen LogP contribution in [0.1, 0.15) is 23.7 Å². The Labute approximate surface area is 171 Å². The molecule has 1 aromatic carbocycles. The highest BCUT2D eigenvalue weighted by molar-refractivity contribution is 5.92. The van der Waals surface area contributed by atoms with Crippen LogP contribution in [-0.2, 0) is 4.79 Å². The van der Waals surface area contributed by atoms with Crippen LogP contribution in [0.3, 0.4) is 0 Å². The first kappa shape index (κ1) is 19.8. The fourth-order valence-corrected chi connectivity index (χ4v) is 4.09. The van der Waals surface area contributed by atoms with E-state index in [2.05, 4.69) is 39.5 Å². The molecule has 1 aromatic heterocycles. The molecule has 0 bridgehead atoms. The van der Waals surface area contributed by atoms with Gasteiger partial charge in [0.2, 0.25) is 5.91 Å². The smallest absolute Gasteiger partial charge is 0.238 e. The minimum Gasteiger partial charge on any atom is -0.369 e. The van der Waals surface area contributed by atoms with Crippen molar-refractivity contribution in [1.82, 2.24) is 15.2 Å². The molecule has 1 atom stereocenters. The van der Waals surface area contributed by atoms with Gasteiger partial charge in [0.15, 0.2) is 0 Å². The molecule has 1 amide bonds. The fourth-order valence-electron chi connectivity index (χ4n) is 4.09. The largest absolute Gasteiger partial charge is 0.369 e. The van der Waals surface area contributed by atoms with Crippen molar-refractivity contribution in [2.24, 2.45) is 0 Å². The topological polar surface area (TPSA) is 60.5 Å². The van der Waals surface area contributed by atoms with Gasteiger partial charge in [-0.25, -0.2) is 4.39 Å². The molecule has 0 saturated carbocycles. The van der Waals surface area contributed by atoms with Crippen LogP contribution in [0.25, 0.3) is 0 Å². The maximum Gasteiger partial charge on any atom is 0.238 e. The average Bonchev–Trinajstić information content (AvgIpc) is 3.25. The van der Waals surface area contributed by atoms with Crippen molar-refractivity contribution in [3.63, 3.8) is 0 Å². The number of amides is 1. The van der Waals surface area contributed by atoms with Gasteiger partial charge in [0, 0.05) is 55.7 Å². The summed E-state index contributed by atoms with van der Waals surface area (Å²) in [5.74, 6) is -0.0941. The van der Waals surface area contributed by atoms with Gasteiger partial charge in [0.05, 0.1) is 12.2 Å². The number of benzene rings is 1. The van der Waals surface area contributed by atoms with Crippen molar-refractivity contribution in [2.45, 2.75) is 19.3 Å². The van der Waals surface area contributed by atoms with Crippen LogP contribution in [0.5, 0.6) is 0 Å². The summed E-state index contributed by atoms with van der Waals surface area (Å²) in [6.45, 7) is 7.70. The second-order valence-corrected chi connectivity index (χ2v) is 7.87. The number of rotatable bonds is 5. The molecule has 0 radical (unpaired) electrons. The number of aromatic nitrogens is 1. The number of pyridine rings is 1. The summed E-state index contributed by atoms with van der Waals surface area (Å²) >= 11 is 0. The standard InChI is InChI=1S/C22H28FN5O/c1-16-12-18(13-21(25-16)17-6-7-24-14-17)28-10-8-27(9-11-28)15-22(29)26-20-5-3-2-4-19(20)23/h2-5,12-13,17,24H,6-11,14-15H2,1H3,(H,26,29)/t17-/m0/s1. The minimum absolute atomic E-state index is 0.181. The number of nitrogens with one attached hydrogen (secondary N) is 2. The van der Waals surface area contributed by atoms with E-state index in [1.807, 2.05) is 0 Å². The zero-order chi connectivity index (χ0) is 20.2. The van der Waals surface area contributed by atoms with E-state index in [0.29, 0.717) is 5.92 Å². The molecule has 0 unspecified atom stereocenters. The molecule has 2 saturated heterocycles. The van der Waals surface area contributed by atoms with Crippen molar-refractivity contribution in [1.29, 1.82) is 0 Å². The zero-order valence-corrected chi connectivity index (χ0v) is 16.8. The van der Waals surface area contributed by atoms with Gasteiger partial charge in [0.1, 0.15) is 5.82 Å². The number of anilines is 2. The van der Waals surface area contributed by atoms with Crippen molar-refractivity contribution in [2.75, 3.05) is 56.0 Å². The lowest BCUT2D eigenvalue weighted by Gasteiger charge is -2.36. The Hall–Kier alpha value is -2.51. The van der Waals surface area contributed by atoms with Crippen LogP contribution in [-0.4, -0.2) is 61.6 Å². The summed E-state index contributed by atoms with van der Waals surface area (Å²) in [6.07, 6.45) is 1.14. The van der Waals surface area contributed by atoms with Crippen LogP contribution in [0.4, 0.5) is 15.8 Å². The SMILES string of the molecule is Cc1cc(N2CCN(CC(=O)Nc3ccccc3F)CC2)cc([C@H]2CCNC2)n1. The van der Waals surface area contributed by atoms with Gasteiger partial charge in [-0.3, -0.25) is 14.7 Å². The Kier molecular flexibility index (Phi) is 6.06. The summed E-state index contributed by atoms with van der Waals surface area (Å²) in [5.41, 5.74) is 3.68. The highest BCUT2D eigenvalue weighted by Gasteiger charge is 2.23. The van der Waals surface area contributed by atoms with Crippen molar-refractivity contribution in [3.05, 3.63) is 53.6 Å². The van der Waals surface area contributed by atoms with E-state index in [0.717, 1.165) is 51.4 Å². The minimum atomic E-state index is -0.410. The maximum absolute atomic E-state index is 13.7. The lowest BCUT2D eigenvalue weighted by atomic mass is 10.0. The zero-order valence-electron chi connectivity index (χ0n) is 16.8. The average molecular weight is 397 g/mol. The molecule has 29 heavy (non-hydrogen) atoms. The van der Waals surface area contributed by atoms with E-state index in [4.69, 9.17) is 4.98 Å². The number of carbonyl (C=O) groups excluding carboxylic acids is 1. The highest BCUT2D eigenvalue weighted by Crippen LogP contribution is 2.26. The monoisotopic (exact) mass is 397 g/mol. The van der Waals surface area contributed by atoms with Crippen LogP contribution in [0, 0.1) is 12.7 Å². The van der Waals surface area contributed by atoms with E-state index >= 15 is 0 Å². The Bertz CT molecular complexity index is 860. The van der Waals surface area contributed by atoms with E-state index in [9.17, 15) is 9.18 Å². The third-order valence-corrected chi connectivity index (χ3v) is 5.69. The molecule has 0 aliphatic carbocycles. The van der Waals surface area contributed by atoms with Crippen molar-refractivity contribution < 1.29 is 9.18 Å². The third-order valence-electron chi connectivity index (χ3n) is 5.69. The maximum atomic E-state index is 13.7. The van der Waals surface area contributed by atoms with Gasteiger partial charge in [-0.15, -0.1) is 0 Å². The number of para-hydroxylation sites is 1. The van der Waals surface area contributed by atoms with Gasteiger partial charge in [-0.05, 0) is 44.2 Å². The van der Waals surface area contributed by atoms with Crippen molar-refractivity contribution in [3.8, 4) is 0 Å². The number of aryl methyl sites for hydroxylation is 1. The number of piperazine rings is 1. The van der Waals surface area contributed by atoms with Gasteiger partial charge >= 0.3 is 0 Å². The number of hydrogen-bond donors (Lipinski definition) is 2. The van der Waals surface area contributed by atoms with Gasteiger partial charge < -0.3 is 15.5 Å². The molecule has 154 valence electrons. The number of hydrogen-bond acceptors (Lipinski definition) is 5. The normalized spacial score (nSPS) is 20.1. The molecule has 6 nitrogen and oxygen atoms in total. The third kappa shape index (κ3) is 4.92. The van der Waals surface area contributed by atoms with E-state index in [-0.39, 0.29) is 18.1 Å². The Morgan fingerprint density at radius 3 is 2.76 bits per heavy atom. The molecule has 2 aromatic rings. The van der Waals surface area contributed by atoms with E-state index in [1.54, 1.807) is 18.2 Å². The molecule has 7 heteroatoms. The van der Waals surface area contributed by atoms with Crippen LogP contribution in [0.2, 0.25) is 0 Å². The molecular weight excluding hydrogens is 369 g/mol. The second-order valence-electron chi connectivity index (χ2n) is 7.87. The van der Waals surface area contributed by atoms with Gasteiger partial charge in [-0.1, -0.05) is 12.1 Å². The highest BCUT2D eigenvalue weighted by atomic mass is 19.1. The van der Waals surface area contributed by atoms with Crippen LogP contribution in [0.15, 0.2) is 36.4 Å². The van der Waals surface area contributed by atoms with Gasteiger partial charge in [-0.2, -0.15) is 0 Å². The van der Waals surface area contributed by atoms with Crippen LogP contribution >= 0.6 is 0 Å². The van der Waals surface area contributed by atoms with Crippen LogP contribution < -0.4 is 15.5 Å². The van der Waals surface area contributed by atoms with Gasteiger partial charge in [0.25, 0.3) is 0 Å². The Morgan fingerprint density at radius 1 is 1.24 bits per heavy atom. The molecule has 3 heterocycles. The molecular formula is C22H28FN5O. The number of carbonyl (C=O) groups is 1. The molecule has 2 aliphatic heterocycles. The summed E-state index contributed by atoms with van der Waals surface area (Å²) in [5, 5.41) is 6.08. The molecule has 2 aliphatic rings. The first-order valence-corrected chi connectivity index (χ1v) is 10.3. The Balaban J connectivity index is 1.32. The molecule has 2 fully saturated rings. The molecule has 0 spiro atoms. The summed E-state index contributed by atoms with van der Waals surface area (Å²) in [4.78, 5) is 21.5. The molecule has 2 N–H and O–H groups in total. The second kappa shape index (κ2) is 8.88. The quantitative estimate of drug-likeness (QED) is 0.811. The number of halogens is 1. The first-order valence-electron chi connectivity index (χ1n) is 10.3.